The van der Waals surface area contributed by atoms with E-state index >= 15 is 0 Å². The zero-order valence-corrected chi connectivity index (χ0v) is 14.1. The van der Waals surface area contributed by atoms with Crippen LogP contribution in [0.1, 0.15) is 38.4 Å². The van der Waals surface area contributed by atoms with Crippen LogP contribution in [-0.2, 0) is 6.54 Å². The fourth-order valence-corrected chi connectivity index (χ4v) is 1.79. The van der Waals surface area contributed by atoms with Crippen molar-refractivity contribution in [2.24, 2.45) is 0 Å². The number of aromatic nitrogens is 2. The zero-order valence-electron chi connectivity index (χ0n) is 12.4. The average molecular weight is 311 g/mol. The molecule has 114 valence electrons. The van der Waals surface area contributed by atoms with Gasteiger partial charge in [0.05, 0.1) is 5.69 Å². The third kappa shape index (κ3) is 7.78. The van der Waals surface area contributed by atoms with E-state index in [9.17, 15) is 0 Å². The second-order valence-corrected chi connectivity index (χ2v) is 4.86. The Kier molecular flexibility index (Phi) is 12.8. The van der Waals surface area contributed by atoms with Crippen LogP contribution in [0.4, 0.5) is 0 Å². The molecule has 4 nitrogen and oxygen atoms in total. The molecular weight excluding hydrogens is 283 g/mol. The lowest BCUT2D eigenvalue weighted by Crippen LogP contribution is -2.22. The maximum absolute atomic E-state index is 4.38. The molecule has 0 aromatic carbocycles. The first-order valence-corrected chi connectivity index (χ1v) is 6.53. The standard InChI is InChI=1S/C13H26N4.2ClH/c1-5-12(2)17-13(7-9-15-17)11-14-8-6-10-16(3)4;;/h7,9,12,14H,5-6,8,10-11H2,1-4H3;2*1H. The largest absolute Gasteiger partial charge is 0.311 e. The van der Waals surface area contributed by atoms with Crippen LogP contribution < -0.4 is 5.32 Å². The van der Waals surface area contributed by atoms with Crippen molar-refractivity contribution in [1.82, 2.24) is 20.0 Å². The maximum atomic E-state index is 4.38. The van der Waals surface area contributed by atoms with Crippen molar-refractivity contribution in [2.45, 2.75) is 39.3 Å². The van der Waals surface area contributed by atoms with E-state index in [4.69, 9.17) is 0 Å². The lowest BCUT2D eigenvalue weighted by atomic mass is 10.2. The Morgan fingerprint density at radius 1 is 1.37 bits per heavy atom. The molecule has 0 saturated carbocycles. The van der Waals surface area contributed by atoms with Crippen LogP contribution in [-0.4, -0.2) is 41.9 Å². The fraction of sp³-hybridized carbons (Fsp3) is 0.769. The highest BCUT2D eigenvalue weighted by Crippen LogP contribution is 2.11. The first-order valence-electron chi connectivity index (χ1n) is 6.53. The van der Waals surface area contributed by atoms with Crippen molar-refractivity contribution in [2.75, 3.05) is 27.2 Å². The molecule has 0 aliphatic heterocycles. The predicted molar refractivity (Wildman–Crippen MR) is 86.6 cm³/mol. The predicted octanol–water partition coefficient (Wildman–Crippen LogP) is 2.74. The molecule has 0 amide bonds. The second kappa shape index (κ2) is 11.5. The van der Waals surface area contributed by atoms with E-state index in [0.717, 1.165) is 26.1 Å². The van der Waals surface area contributed by atoms with Crippen LogP contribution in [0.15, 0.2) is 12.3 Å². The highest BCUT2D eigenvalue weighted by atomic mass is 35.5. The number of nitrogens with one attached hydrogen (secondary N) is 1. The van der Waals surface area contributed by atoms with Gasteiger partial charge in [0.15, 0.2) is 0 Å². The van der Waals surface area contributed by atoms with Crippen LogP contribution in [0.5, 0.6) is 0 Å². The molecule has 1 unspecified atom stereocenters. The molecule has 0 aliphatic carbocycles. The Morgan fingerprint density at radius 2 is 2.05 bits per heavy atom. The monoisotopic (exact) mass is 310 g/mol. The van der Waals surface area contributed by atoms with Gasteiger partial charge in [-0.15, -0.1) is 24.8 Å². The van der Waals surface area contributed by atoms with Crippen molar-refractivity contribution < 1.29 is 0 Å². The minimum Gasteiger partial charge on any atom is -0.311 e. The summed E-state index contributed by atoms with van der Waals surface area (Å²) in [6, 6.07) is 2.59. The summed E-state index contributed by atoms with van der Waals surface area (Å²) in [6.07, 6.45) is 4.20. The summed E-state index contributed by atoms with van der Waals surface area (Å²) in [5.74, 6) is 0. The van der Waals surface area contributed by atoms with Gasteiger partial charge >= 0.3 is 0 Å². The smallest absolute Gasteiger partial charge is 0.0525 e. The van der Waals surface area contributed by atoms with E-state index in [1.54, 1.807) is 0 Å². The van der Waals surface area contributed by atoms with Gasteiger partial charge in [-0.2, -0.15) is 5.10 Å². The topological polar surface area (TPSA) is 33.1 Å². The first kappa shape index (κ1) is 21.0. The van der Waals surface area contributed by atoms with Gasteiger partial charge in [0, 0.05) is 18.8 Å². The Bertz CT molecular complexity index is 315. The molecule has 1 heterocycles. The van der Waals surface area contributed by atoms with Gasteiger partial charge < -0.3 is 10.2 Å². The quantitative estimate of drug-likeness (QED) is 0.750. The molecule has 19 heavy (non-hydrogen) atoms. The molecule has 1 aromatic heterocycles. The summed E-state index contributed by atoms with van der Waals surface area (Å²) in [4.78, 5) is 2.21. The van der Waals surface area contributed by atoms with E-state index in [2.05, 4.69) is 54.0 Å². The Labute approximate surface area is 129 Å². The van der Waals surface area contributed by atoms with E-state index in [1.165, 1.54) is 12.1 Å². The summed E-state index contributed by atoms with van der Waals surface area (Å²) in [6.45, 7) is 7.52. The molecule has 1 atom stereocenters. The van der Waals surface area contributed by atoms with Crippen LogP contribution in [0.3, 0.4) is 0 Å². The molecule has 0 saturated heterocycles. The third-order valence-corrected chi connectivity index (χ3v) is 3.03. The lowest BCUT2D eigenvalue weighted by Gasteiger charge is -2.14. The van der Waals surface area contributed by atoms with Crippen LogP contribution >= 0.6 is 24.8 Å². The minimum atomic E-state index is 0. The maximum Gasteiger partial charge on any atom is 0.0525 e. The van der Waals surface area contributed by atoms with Gasteiger partial charge in [-0.1, -0.05) is 6.92 Å². The van der Waals surface area contributed by atoms with Gasteiger partial charge in [0.1, 0.15) is 0 Å². The van der Waals surface area contributed by atoms with Crippen LogP contribution in [0.25, 0.3) is 0 Å². The molecule has 0 fully saturated rings. The van der Waals surface area contributed by atoms with Gasteiger partial charge in [-0.05, 0) is 53.0 Å². The second-order valence-electron chi connectivity index (χ2n) is 4.86. The van der Waals surface area contributed by atoms with Gasteiger partial charge in [-0.25, -0.2) is 0 Å². The van der Waals surface area contributed by atoms with Crippen molar-refractivity contribution in [1.29, 1.82) is 0 Å². The minimum absolute atomic E-state index is 0. The average Bonchev–Trinajstić information content (AvgIpc) is 2.75. The van der Waals surface area contributed by atoms with E-state index in [-0.39, 0.29) is 24.8 Å². The van der Waals surface area contributed by atoms with Crippen LogP contribution in [0, 0.1) is 0 Å². The Hall–Kier alpha value is -0.290. The van der Waals surface area contributed by atoms with Gasteiger partial charge in [-0.3, -0.25) is 4.68 Å². The van der Waals surface area contributed by atoms with Crippen molar-refractivity contribution in [3.63, 3.8) is 0 Å². The van der Waals surface area contributed by atoms with E-state index < -0.39 is 0 Å². The normalized spacial score (nSPS) is 11.8. The first-order chi connectivity index (χ1) is 8.15. The van der Waals surface area contributed by atoms with Crippen LogP contribution in [0.2, 0.25) is 0 Å². The van der Waals surface area contributed by atoms with Crippen molar-refractivity contribution in [3.05, 3.63) is 18.0 Å². The lowest BCUT2D eigenvalue weighted by molar-refractivity contribution is 0.391. The molecule has 1 aromatic rings. The Morgan fingerprint density at radius 3 is 2.63 bits per heavy atom. The number of hydrogen-bond donors (Lipinski definition) is 1. The molecule has 0 radical (unpaired) electrons. The summed E-state index contributed by atoms with van der Waals surface area (Å²) >= 11 is 0. The van der Waals surface area contributed by atoms with Gasteiger partial charge in [0.25, 0.3) is 0 Å². The molecule has 6 heteroatoms. The molecule has 0 bridgehead atoms. The van der Waals surface area contributed by atoms with Crippen molar-refractivity contribution in [3.8, 4) is 0 Å². The molecular formula is C13H28Cl2N4. The van der Waals surface area contributed by atoms with E-state index in [0.29, 0.717) is 6.04 Å². The highest BCUT2D eigenvalue weighted by molar-refractivity contribution is 5.85. The fourth-order valence-electron chi connectivity index (χ4n) is 1.79. The highest BCUT2D eigenvalue weighted by Gasteiger charge is 2.07. The molecule has 0 spiro atoms. The number of halogens is 2. The summed E-state index contributed by atoms with van der Waals surface area (Å²) in [7, 11) is 4.22. The van der Waals surface area contributed by atoms with E-state index in [1.807, 2.05) is 6.20 Å². The SMILES string of the molecule is CCC(C)n1nccc1CNCCCN(C)C.Cl.Cl. The number of rotatable bonds is 8. The number of hydrogen-bond acceptors (Lipinski definition) is 3. The Balaban J connectivity index is 0. The van der Waals surface area contributed by atoms with Gasteiger partial charge in [0.2, 0.25) is 0 Å². The zero-order chi connectivity index (χ0) is 12.7. The third-order valence-electron chi connectivity index (χ3n) is 3.03. The molecule has 1 N–H and O–H groups in total. The summed E-state index contributed by atoms with van der Waals surface area (Å²) in [5.41, 5.74) is 1.28. The molecule has 1 rings (SSSR count). The summed E-state index contributed by atoms with van der Waals surface area (Å²) in [5, 5.41) is 7.86. The number of nitrogens with zero attached hydrogens (tertiary/aromatic N) is 3. The molecule has 0 aliphatic rings. The van der Waals surface area contributed by atoms with Crippen molar-refractivity contribution >= 4 is 24.8 Å². The summed E-state index contributed by atoms with van der Waals surface area (Å²) < 4.78 is 2.12.